The number of aromatic nitrogens is 2. The second-order valence-corrected chi connectivity index (χ2v) is 10.9. The summed E-state index contributed by atoms with van der Waals surface area (Å²) < 4.78 is 15.4. The Balaban J connectivity index is 0.000000205. The number of aliphatic hydroxyl groups excluding tert-OH is 1. The normalized spacial score (nSPS) is 10.6. The Kier molecular flexibility index (Phi) is 11.9. The second-order valence-electron chi connectivity index (χ2n) is 10.1. The zero-order valence-electron chi connectivity index (χ0n) is 24.1. The summed E-state index contributed by atoms with van der Waals surface area (Å²) in [6.07, 6.45) is 3.89. The molecule has 0 spiro atoms. The van der Waals surface area contributed by atoms with Gasteiger partial charge in [-0.15, -0.1) is 0 Å². The number of hydrogen-bond donors (Lipinski definition) is 2. The summed E-state index contributed by atoms with van der Waals surface area (Å²) in [6.45, 7) is 1.75. The molecule has 0 saturated carbocycles. The van der Waals surface area contributed by atoms with Gasteiger partial charge in [0.25, 0.3) is 0 Å². The minimum Gasteiger partial charge on any atom is -0.492 e. The fourth-order valence-electron chi connectivity index (χ4n) is 4.79. The van der Waals surface area contributed by atoms with Gasteiger partial charge in [-0.2, -0.15) is 0 Å². The maximum Gasteiger partial charge on any atom is 0.335 e. The lowest BCUT2D eigenvalue weighted by Gasteiger charge is -2.09. The van der Waals surface area contributed by atoms with E-state index in [0.29, 0.717) is 41.9 Å². The number of carbonyl (C=O) groups is 2. The predicted molar refractivity (Wildman–Crippen MR) is 183 cm³/mol. The third-order valence-electron chi connectivity index (χ3n) is 7.05. The fourth-order valence-corrected chi connectivity index (χ4v) is 5.15. The van der Waals surface area contributed by atoms with E-state index in [-0.39, 0.29) is 18.8 Å². The molecule has 2 N–H and O–H groups in total. The number of carboxylic acids is 1. The van der Waals surface area contributed by atoms with Gasteiger partial charge >= 0.3 is 5.97 Å². The van der Waals surface area contributed by atoms with Crippen molar-refractivity contribution in [3.8, 4) is 11.5 Å². The van der Waals surface area contributed by atoms with E-state index in [1.807, 2.05) is 70.1 Å². The summed E-state index contributed by atoms with van der Waals surface area (Å²) in [5, 5.41) is 21.4. The van der Waals surface area contributed by atoms with Gasteiger partial charge in [0.15, 0.2) is 5.78 Å². The molecule has 8 nitrogen and oxygen atoms in total. The van der Waals surface area contributed by atoms with E-state index in [9.17, 15) is 9.59 Å². The second kappa shape index (κ2) is 16.0. The first-order chi connectivity index (χ1) is 21.8. The molecule has 0 aliphatic heterocycles. The molecular formula is C36H34Cl2N2O6. The highest BCUT2D eigenvalue weighted by atomic mass is 35.5. The quantitative estimate of drug-likeness (QED) is 0.136. The molecule has 10 heteroatoms. The van der Waals surface area contributed by atoms with Crippen LogP contribution in [0.3, 0.4) is 0 Å². The van der Waals surface area contributed by atoms with Crippen LogP contribution in [0.15, 0.2) is 109 Å². The number of fused-ring (bicyclic) bond motifs is 2. The molecule has 0 unspecified atom stereocenters. The highest BCUT2D eigenvalue weighted by Crippen LogP contribution is 2.21. The number of hydrogen-bond acceptors (Lipinski definition) is 5. The van der Waals surface area contributed by atoms with E-state index in [1.165, 1.54) is 0 Å². The number of halogens is 2. The number of aliphatic hydroxyl groups is 1. The summed E-state index contributed by atoms with van der Waals surface area (Å²) in [6, 6.07) is 29.0. The first kappa shape index (κ1) is 34.1. The Labute approximate surface area is 276 Å². The summed E-state index contributed by atoms with van der Waals surface area (Å²) in [7, 11) is 0. The van der Waals surface area contributed by atoms with Crippen LogP contribution in [0.4, 0.5) is 0 Å². The highest BCUT2D eigenvalue weighted by molar-refractivity contribution is 6.31. The van der Waals surface area contributed by atoms with Crippen LogP contribution in [-0.2, 0) is 13.1 Å². The molecule has 46 heavy (non-hydrogen) atoms. The highest BCUT2D eigenvalue weighted by Gasteiger charge is 2.09. The van der Waals surface area contributed by atoms with Gasteiger partial charge < -0.3 is 28.8 Å². The Morgan fingerprint density at radius 1 is 0.652 bits per heavy atom. The van der Waals surface area contributed by atoms with Crippen molar-refractivity contribution in [1.82, 2.24) is 9.13 Å². The number of rotatable bonds is 11. The Morgan fingerprint density at radius 2 is 1.13 bits per heavy atom. The largest absolute Gasteiger partial charge is 0.492 e. The molecule has 238 valence electrons. The van der Waals surface area contributed by atoms with E-state index in [4.69, 9.17) is 42.9 Å². The average Bonchev–Trinajstić information content (AvgIpc) is 3.64. The standard InChI is InChI=1S/C18H16ClNO3.C17H14ClNO3.CH4/c19-15-2-1-3-16(11-15)23-9-8-20-7-6-13-4-5-14(10-17(13)20)18(22)12-21;18-14-2-1-3-15(11-14)22-9-8-19-7-6-12-4-5-13(17(20)21)10-16(12)19;/h1-7,10-11,21H,8-9,12H2;1-7,10-11H,8-9H2,(H,20,21);1H4. The summed E-state index contributed by atoms with van der Waals surface area (Å²) in [5.74, 6) is 0.236. The molecule has 0 amide bonds. The Morgan fingerprint density at radius 3 is 1.59 bits per heavy atom. The van der Waals surface area contributed by atoms with Gasteiger partial charge in [-0.25, -0.2) is 4.79 Å². The Bertz CT molecular complexity index is 1950. The summed E-state index contributed by atoms with van der Waals surface area (Å²) in [5.41, 5.74) is 2.62. The molecule has 0 atom stereocenters. The molecule has 6 rings (SSSR count). The average molecular weight is 662 g/mol. The van der Waals surface area contributed by atoms with E-state index in [1.54, 1.807) is 48.5 Å². The molecule has 0 fully saturated rings. The lowest BCUT2D eigenvalue weighted by Crippen LogP contribution is -2.08. The van der Waals surface area contributed by atoms with E-state index in [2.05, 4.69) is 0 Å². The topological polar surface area (TPSA) is 103 Å². The number of ether oxygens (including phenoxy) is 2. The fraction of sp³-hybridized carbons (Fsp3) is 0.167. The van der Waals surface area contributed by atoms with Crippen LogP contribution in [-0.4, -0.2) is 50.9 Å². The minimum absolute atomic E-state index is 0. The van der Waals surface area contributed by atoms with Gasteiger partial charge in [-0.1, -0.05) is 61.0 Å². The van der Waals surface area contributed by atoms with E-state index < -0.39 is 12.6 Å². The number of ketones is 1. The summed E-state index contributed by atoms with van der Waals surface area (Å²) in [4.78, 5) is 22.7. The molecule has 2 aromatic heterocycles. The van der Waals surface area contributed by atoms with Gasteiger partial charge in [0.05, 0.1) is 18.7 Å². The van der Waals surface area contributed by atoms with Crippen molar-refractivity contribution in [2.45, 2.75) is 20.5 Å². The van der Waals surface area contributed by atoms with Crippen LogP contribution < -0.4 is 9.47 Å². The molecule has 0 saturated heterocycles. The van der Waals surface area contributed by atoms with Gasteiger partial charge in [-0.05, 0) is 77.5 Å². The van der Waals surface area contributed by atoms with Crippen molar-refractivity contribution >= 4 is 56.8 Å². The molecule has 0 aliphatic rings. The molecule has 0 bridgehead atoms. The zero-order valence-corrected chi connectivity index (χ0v) is 25.6. The molecule has 0 aliphatic carbocycles. The Hall–Kier alpha value is -4.76. The van der Waals surface area contributed by atoms with Crippen molar-refractivity contribution in [2.24, 2.45) is 0 Å². The first-order valence-electron chi connectivity index (χ1n) is 14.1. The van der Waals surface area contributed by atoms with Gasteiger partial charge in [-0.3, -0.25) is 4.79 Å². The number of carboxylic acid groups (broad SMARTS) is 1. The maximum absolute atomic E-state index is 11.6. The maximum atomic E-state index is 11.6. The smallest absolute Gasteiger partial charge is 0.335 e. The van der Waals surface area contributed by atoms with Crippen LogP contribution in [0.1, 0.15) is 28.1 Å². The number of benzene rings is 4. The van der Waals surface area contributed by atoms with Crippen LogP contribution >= 0.6 is 23.2 Å². The summed E-state index contributed by atoms with van der Waals surface area (Å²) >= 11 is 11.8. The van der Waals surface area contributed by atoms with Crippen molar-refractivity contribution in [3.63, 3.8) is 0 Å². The van der Waals surface area contributed by atoms with Crippen LogP contribution in [0.5, 0.6) is 11.5 Å². The van der Waals surface area contributed by atoms with Crippen molar-refractivity contribution in [2.75, 3.05) is 19.8 Å². The lowest BCUT2D eigenvalue weighted by atomic mass is 10.1. The van der Waals surface area contributed by atoms with Crippen LogP contribution in [0.25, 0.3) is 21.8 Å². The van der Waals surface area contributed by atoms with Crippen molar-refractivity contribution in [1.29, 1.82) is 0 Å². The number of aromatic carboxylic acids is 1. The SMILES string of the molecule is C.O=C(CO)c1ccc2ccn(CCOc3cccc(Cl)c3)c2c1.O=C(O)c1ccc2ccn(CCOc3cccc(Cl)c3)c2c1. The third kappa shape index (κ3) is 8.69. The number of Topliss-reactive ketones (excluding diaryl/α,β-unsaturated/α-hetero) is 1. The first-order valence-corrected chi connectivity index (χ1v) is 14.9. The molecule has 2 heterocycles. The van der Waals surface area contributed by atoms with Crippen molar-refractivity contribution < 1.29 is 29.3 Å². The van der Waals surface area contributed by atoms with Crippen LogP contribution in [0.2, 0.25) is 10.0 Å². The molecule has 0 radical (unpaired) electrons. The van der Waals surface area contributed by atoms with Gasteiger partial charge in [0.1, 0.15) is 31.3 Å². The van der Waals surface area contributed by atoms with Crippen molar-refractivity contribution in [3.05, 3.63) is 131 Å². The molecular weight excluding hydrogens is 627 g/mol. The minimum atomic E-state index is -0.926. The monoisotopic (exact) mass is 660 g/mol. The molecule has 4 aromatic carbocycles. The van der Waals surface area contributed by atoms with E-state index in [0.717, 1.165) is 33.3 Å². The van der Waals surface area contributed by atoms with Gasteiger partial charge in [0.2, 0.25) is 0 Å². The number of carbonyl (C=O) groups excluding carboxylic acids is 1. The third-order valence-corrected chi connectivity index (χ3v) is 7.52. The predicted octanol–water partition coefficient (Wildman–Crippen LogP) is 8.26. The molecule has 6 aromatic rings. The zero-order chi connectivity index (χ0) is 31.8. The lowest BCUT2D eigenvalue weighted by molar-refractivity contribution is 0.0696. The number of nitrogens with zero attached hydrogens (tertiary/aromatic N) is 2. The van der Waals surface area contributed by atoms with Gasteiger partial charge in [0, 0.05) is 39.0 Å². The van der Waals surface area contributed by atoms with E-state index >= 15 is 0 Å². The van der Waals surface area contributed by atoms with Crippen LogP contribution in [0, 0.1) is 0 Å².